The summed E-state index contributed by atoms with van der Waals surface area (Å²) in [7, 11) is -3.43. The molecule has 0 aliphatic carbocycles. The van der Waals surface area contributed by atoms with Crippen molar-refractivity contribution in [3.8, 4) is 0 Å². The number of anilines is 1. The summed E-state index contributed by atoms with van der Waals surface area (Å²) in [5, 5.41) is 2.44. The predicted octanol–water partition coefficient (Wildman–Crippen LogP) is 1.95. The molecule has 2 rings (SSSR count). The smallest absolute Gasteiger partial charge is 0.242 e. The van der Waals surface area contributed by atoms with Gasteiger partial charge in [0.25, 0.3) is 0 Å². The zero-order valence-electron chi connectivity index (χ0n) is 10.8. The fraction of sp³-hybridized carbons (Fsp3) is 0.417. The van der Waals surface area contributed by atoms with Crippen molar-refractivity contribution >= 4 is 37.5 Å². The minimum atomic E-state index is -3.43. The molecular formula is C12H14BrFN2O3S. The van der Waals surface area contributed by atoms with E-state index in [1.807, 2.05) is 0 Å². The van der Waals surface area contributed by atoms with E-state index < -0.39 is 27.8 Å². The van der Waals surface area contributed by atoms with Gasteiger partial charge in [-0.2, -0.15) is 4.31 Å². The fourth-order valence-electron chi connectivity index (χ4n) is 2.21. The molecule has 1 unspecified atom stereocenters. The third kappa shape index (κ3) is 3.36. The van der Waals surface area contributed by atoms with Crippen LogP contribution in [-0.2, 0) is 14.8 Å². The van der Waals surface area contributed by atoms with Gasteiger partial charge >= 0.3 is 0 Å². The molecule has 0 bridgehead atoms. The molecule has 1 fully saturated rings. The molecule has 0 radical (unpaired) electrons. The van der Waals surface area contributed by atoms with Gasteiger partial charge in [0.15, 0.2) is 0 Å². The van der Waals surface area contributed by atoms with E-state index in [2.05, 4.69) is 21.2 Å². The molecule has 0 aromatic heterocycles. The van der Waals surface area contributed by atoms with E-state index in [4.69, 9.17) is 0 Å². The van der Waals surface area contributed by atoms with Crippen molar-refractivity contribution in [2.75, 3.05) is 18.1 Å². The summed E-state index contributed by atoms with van der Waals surface area (Å²) in [6.07, 6.45) is 2.13. The largest absolute Gasteiger partial charge is 0.322 e. The van der Waals surface area contributed by atoms with Crippen LogP contribution in [0.15, 0.2) is 22.7 Å². The van der Waals surface area contributed by atoms with Crippen LogP contribution in [-0.4, -0.2) is 37.5 Å². The number of hydrogen-bond acceptors (Lipinski definition) is 3. The lowest BCUT2D eigenvalue weighted by Gasteiger charge is -2.21. The maximum absolute atomic E-state index is 13.7. The molecule has 0 saturated carbocycles. The Bertz CT molecular complexity index is 636. The van der Waals surface area contributed by atoms with Gasteiger partial charge in [-0.25, -0.2) is 12.8 Å². The Hall–Kier alpha value is -0.990. The quantitative estimate of drug-likeness (QED) is 0.891. The van der Waals surface area contributed by atoms with Crippen molar-refractivity contribution in [2.24, 2.45) is 0 Å². The molecule has 1 aliphatic heterocycles. The van der Waals surface area contributed by atoms with Gasteiger partial charge in [-0.3, -0.25) is 4.79 Å². The minimum Gasteiger partial charge on any atom is -0.322 e. The van der Waals surface area contributed by atoms with E-state index >= 15 is 0 Å². The second kappa shape index (κ2) is 5.79. The Morgan fingerprint density at radius 1 is 1.50 bits per heavy atom. The molecule has 20 heavy (non-hydrogen) atoms. The van der Waals surface area contributed by atoms with Crippen LogP contribution in [0.2, 0.25) is 0 Å². The first kappa shape index (κ1) is 15.4. The predicted molar refractivity (Wildman–Crippen MR) is 77.3 cm³/mol. The lowest BCUT2D eigenvalue weighted by molar-refractivity contribution is -0.119. The molecule has 1 aromatic carbocycles. The number of benzene rings is 1. The first-order chi connectivity index (χ1) is 9.29. The van der Waals surface area contributed by atoms with E-state index in [-0.39, 0.29) is 5.69 Å². The summed E-state index contributed by atoms with van der Waals surface area (Å²) >= 11 is 3.12. The molecule has 1 aliphatic rings. The zero-order valence-corrected chi connectivity index (χ0v) is 13.2. The standard InChI is InChI=1S/C12H14BrFN2O3S/c1-20(18,19)16-6-2-3-11(16)12(17)15-10-5-4-8(13)7-9(10)14/h4-5,7,11H,2-3,6H2,1H3,(H,15,17). The number of nitrogens with zero attached hydrogens (tertiary/aromatic N) is 1. The maximum atomic E-state index is 13.7. The molecule has 1 amide bonds. The van der Waals surface area contributed by atoms with Crippen LogP contribution in [0.5, 0.6) is 0 Å². The molecule has 5 nitrogen and oxygen atoms in total. The molecule has 1 atom stereocenters. The van der Waals surface area contributed by atoms with Crippen molar-refractivity contribution < 1.29 is 17.6 Å². The van der Waals surface area contributed by atoms with Gasteiger partial charge in [0, 0.05) is 11.0 Å². The molecule has 8 heteroatoms. The van der Waals surface area contributed by atoms with E-state index in [1.54, 1.807) is 6.07 Å². The fourth-order valence-corrected chi connectivity index (χ4v) is 3.66. The SMILES string of the molecule is CS(=O)(=O)N1CCCC1C(=O)Nc1ccc(Br)cc1F. The van der Waals surface area contributed by atoms with Crippen LogP contribution in [0.3, 0.4) is 0 Å². The number of nitrogens with one attached hydrogen (secondary N) is 1. The Morgan fingerprint density at radius 2 is 2.20 bits per heavy atom. The highest BCUT2D eigenvalue weighted by Gasteiger charge is 2.36. The Balaban J connectivity index is 2.16. The number of amides is 1. The summed E-state index contributed by atoms with van der Waals surface area (Å²) in [4.78, 5) is 12.1. The third-order valence-corrected chi connectivity index (χ3v) is 4.90. The second-order valence-corrected chi connectivity index (χ2v) is 7.50. The van der Waals surface area contributed by atoms with Crippen molar-refractivity contribution in [3.05, 3.63) is 28.5 Å². The van der Waals surface area contributed by atoms with Crippen LogP contribution in [0, 0.1) is 5.82 Å². The van der Waals surface area contributed by atoms with Crippen molar-refractivity contribution in [2.45, 2.75) is 18.9 Å². The van der Waals surface area contributed by atoms with Gasteiger partial charge in [-0.1, -0.05) is 15.9 Å². The van der Waals surface area contributed by atoms with Gasteiger partial charge in [-0.05, 0) is 31.0 Å². The Kier molecular flexibility index (Phi) is 4.46. The molecule has 1 saturated heterocycles. The van der Waals surface area contributed by atoms with Crippen LogP contribution < -0.4 is 5.32 Å². The zero-order chi connectivity index (χ0) is 14.9. The molecule has 110 valence electrons. The first-order valence-electron chi connectivity index (χ1n) is 6.02. The lowest BCUT2D eigenvalue weighted by atomic mass is 10.2. The third-order valence-electron chi connectivity index (χ3n) is 3.12. The molecule has 1 N–H and O–H groups in total. The highest BCUT2D eigenvalue weighted by Crippen LogP contribution is 2.24. The van der Waals surface area contributed by atoms with E-state index in [9.17, 15) is 17.6 Å². The van der Waals surface area contributed by atoms with Crippen LogP contribution in [0.1, 0.15) is 12.8 Å². The van der Waals surface area contributed by atoms with Gasteiger partial charge in [0.05, 0.1) is 11.9 Å². The van der Waals surface area contributed by atoms with Gasteiger partial charge in [-0.15, -0.1) is 0 Å². The van der Waals surface area contributed by atoms with Crippen LogP contribution in [0.4, 0.5) is 10.1 Å². The number of rotatable bonds is 3. The molecule has 1 heterocycles. The number of sulfonamides is 1. The van der Waals surface area contributed by atoms with Gasteiger partial charge in [0.2, 0.25) is 15.9 Å². The monoisotopic (exact) mass is 364 g/mol. The summed E-state index contributed by atoms with van der Waals surface area (Å²) < 4.78 is 38.5. The molecular weight excluding hydrogens is 351 g/mol. The summed E-state index contributed by atoms with van der Waals surface area (Å²) in [6, 6.07) is 3.49. The van der Waals surface area contributed by atoms with Gasteiger partial charge in [0.1, 0.15) is 11.9 Å². The minimum absolute atomic E-state index is 0.0403. The van der Waals surface area contributed by atoms with Crippen LogP contribution in [0.25, 0.3) is 0 Å². The van der Waals surface area contributed by atoms with E-state index in [0.717, 1.165) is 10.6 Å². The lowest BCUT2D eigenvalue weighted by Crippen LogP contribution is -2.42. The summed E-state index contributed by atoms with van der Waals surface area (Å²) in [5.41, 5.74) is 0.0403. The average molecular weight is 365 g/mol. The number of carbonyl (C=O) groups excluding carboxylic acids is 1. The second-order valence-electron chi connectivity index (χ2n) is 4.65. The van der Waals surface area contributed by atoms with Gasteiger partial charge < -0.3 is 5.32 Å². The first-order valence-corrected chi connectivity index (χ1v) is 8.66. The highest BCUT2D eigenvalue weighted by atomic mass is 79.9. The Morgan fingerprint density at radius 3 is 2.80 bits per heavy atom. The Labute approximate surface area is 125 Å². The number of hydrogen-bond donors (Lipinski definition) is 1. The number of carbonyl (C=O) groups is 1. The van der Waals surface area contributed by atoms with E-state index in [0.29, 0.717) is 23.9 Å². The molecule has 1 aromatic rings. The van der Waals surface area contributed by atoms with E-state index in [1.165, 1.54) is 12.1 Å². The highest BCUT2D eigenvalue weighted by molar-refractivity contribution is 9.10. The summed E-state index contributed by atoms with van der Waals surface area (Å²) in [6.45, 7) is 0.319. The van der Waals surface area contributed by atoms with Crippen molar-refractivity contribution in [1.29, 1.82) is 0 Å². The number of halogens is 2. The van der Waals surface area contributed by atoms with Crippen molar-refractivity contribution in [3.63, 3.8) is 0 Å². The maximum Gasteiger partial charge on any atom is 0.242 e. The normalized spacial score (nSPS) is 20.1. The molecule has 0 spiro atoms. The topological polar surface area (TPSA) is 66.5 Å². The summed E-state index contributed by atoms with van der Waals surface area (Å²) in [5.74, 6) is -1.08. The average Bonchev–Trinajstić information content (AvgIpc) is 2.81. The van der Waals surface area contributed by atoms with Crippen LogP contribution >= 0.6 is 15.9 Å². The van der Waals surface area contributed by atoms with Crippen molar-refractivity contribution in [1.82, 2.24) is 4.31 Å².